The Kier molecular flexibility index (Phi) is 4.83. The lowest BCUT2D eigenvalue weighted by atomic mass is 10.1. The smallest absolute Gasteiger partial charge is 0.182 e. The normalized spacial score (nSPS) is 10.3. The second kappa shape index (κ2) is 6.62. The van der Waals surface area contributed by atoms with Crippen LogP contribution in [0.5, 0.6) is 5.75 Å². The zero-order valence-electron chi connectivity index (χ0n) is 12.4. The van der Waals surface area contributed by atoms with Crippen molar-refractivity contribution in [1.29, 1.82) is 0 Å². The number of aromatic nitrogens is 2. The molecule has 0 radical (unpaired) electrons. The van der Waals surface area contributed by atoms with Gasteiger partial charge in [-0.2, -0.15) is 0 Å². The number of methoxy groups -OCH3 is 1. The summed E-state index contributed by atoms with van der Waals surface area (Å²) < 4.78 is 7.24. The first-order valence-electron chi connectivity index (χ1n) is 6.78. The summed E-state index contributed by atoms with van der Waals surface area (Å²) in [5, 5.41) is 0. The number of fused-ring (bicyclic) bond motifs is 1. The minimum absolute atomic E-state index is 0. The number of nitrogens with zero attached hydrogens (tertiary/aromatic N) is 2. The number of hydrogen-bond acceptors (Lipinski definition) is 3. The van der Waals surface area contributed by atoms with Gasteiger partial charge in [0.2, 0.25) is 0 Å². The minimum atomic E-state index is 0. The Morgan fingerprint density at radius 3 is 2.59 bits per heavy atom. The van der Waals surface area contributed by atoms with Crippen LogP contribution < -0.4 is 4.74 Å². The van der Waals surface area contributed by atoms with Gasteiger partial charge in [0.25, 0.3) is 0 Å². The van der Waals surface area contributed by atoms with E-state index in [1.807, 2.05) is 60.2 Å². The second-order valence-corrected chi connectivity index (χ2v) is 4.89. The summed E-state index contributed by atoms with van der Waals surface area (Å²) in [6.07, 6.45) is 1.87. The van der Waals surface area contributed by atoms with Crippen LogP contribution in [0.1, 0.15) is 16.1 Å². The molecule has 0 atom stereocenters. The van der Waals surface area contributed by atoms with Crippen LogP contribution in [0.2, 0.25) is 0 Å². The standard InChI is InChI=1S/C17H16N2O2.ClH/c1-12-16(21-2)14-9-6-10-19(17(14)18-12)11-15(20)13-7-4-3-5-8-13;/h3-10H,11H2,1-2H3;1H. The van der Waals surface area contributed by atoms with Gasteiger partial charge in [-0.05, 0) is 19.1 Å². The van der Waals surface area contributed by atoms with E-state index >= 15 is 0 Å². The van der Waals surface area contributed by atoms with Crippen LogP contribution in [0.3, 0.4) is 0 Å². The molecule has 0 aliphatic carbocycles. The van der Waals surface area contributed by atoms with Crippen molar-refractivity contribution in [2.75, 3.05) is 7.11 Å². The lowest BCUT2D eigenvalue weighted by Gasteiger charge is -2.11. The fraction of sp³-hybridized carbons (Fsp3) is 0.176. The lowest BCUT2D eigenvalue weighted by Crippen LogP contribution is -2.12. The third-order valence-electron chi connectivity index (χ3n) is 3.50. The highest BCUT2D eigenvalue weighted by molar-refractivity contribution is 5.96. The number of Topliss-reactive ketones (excluding diaryl/α,β-unsaturated/α-hetero) is 1. The first-order chi connectivity index (χ1) is 10.2. The van der Waals surface area contributed by atoms with Gasteiger partial charge in [0.15, 0.2) is 11.5 Å². The predicted octanol–water partition coefficient (Wildman–Crippen LogP) is 3.61. The van der Waals surface area contributed by atoms with E-state index in [-0.39, 0.29) is 24.7 Å². The zero-order valence-corrected chi connectivity index (χ0v) is 13.3. The quantitative estimate of drug-likeness (QED) is 0.691. The number of pyridine rings is 1. The molecule has 2 aliphatic rings. The molecule has 0 N–H and O–H groups in total. The summed E-state index contributed by atoms with van der Waals surface area (Å²) in [6.45, 7) is 2.17. The Bertz CT molecular complexity index is 753. The van der Waals surface area contributed by atoms with Crippen molar-refractivity contribution < 1.29 is 9.53 Å². The summed E-state index contributed by atoms with van der Waals surface area (Å²) in [4.78, 5) is 16.9. The number of benzene rings is 1. The molecular formula is C17H17ClN2O2. The fourth-order valence-electron chi connectivity index (χ4n) is 2.50. The van der Waals surface area contributed by atoms with E-state index in [1.165, 1.54) is 0 Å². The van der Waals surface area contributed by atoms with Crippen LogP contribution in [-0.2, 0) is 6.54 Å². The highest BCUT2D eigenvalue weighted by Crippen LogP contribution is 2.34. The number of hydrogen-bond donors (Lipinski definition) is 0. The number of halogens is 1. The SMILES string of the molecule is COc1c2cccn(CC(=O)c3ccccc3)c-2nc1C.Cl. The largest absolute Gasteiger partial charge is 0.494 e. The van der Waals surface area contributed by atoms with E-state index in [9.17, 15) is 4.79 Å². The molecule has 4 nitrogen and oxygen atoms in total. The maximum absolute atomic E-state index is 12.3. The zero-order chi connectivity index (χ0) is 14.8. The number of aryl methyl sites for hydroxylation is 1. The van der Waals surface area contributed by atoms with Gasteiger partial charge in [0, 0.05) is 11.8 Å². The third-order valence-corrected chi connectivity index (χ3v) is 3.50. The van der Waals surface area contributed by atoms with Crippen LogP contribution in [0.4, 0.5) is 0 Å². The van der Waals surface area contributed by atoms with E-state index in [2.05, 4.69) is 4.98 Å². The summed E-state index contributed by atoms with van der Waals surface area (Å²) in [7, 11) is 1.63. The molecule has 0 aromatic heterocycles. The van der Waals surface area contributed by atoms with Crippen LogP contribution in [0.25, 0.3) is 11.4 Å². The molecule has 0 amide bonds. The van der Waals surface area contributed by atoms with Gasteiger partial charge >= 0.3 is 0 Å². The van der Waals surface area contributed by atoms with Gasteiger partial charge < -0.3 is 9.30 Å². The molecule has 0 bridgehead atoms. The molecule has 0 fully saturated rings. The molecular weight excluding hydrogens is 300 g/mol. The Morgan fingerprint density at radius 1 is 1.18 bits per heavy atom. The van der Waals surface area contributed by atoms with Gasteiger partial charge in [-0.25, -0.2) is 4.98 Å². The molecule has 0 spiro atoms. The highest BCUT2D eigenvalue weighted by atomic mass is 35.5. The van der Waals surface area contributed by atoms with Crippen LogP contribution in [0.15, 0.2) is 48.7 Å². The molecule has 1 aromatic carbocycles. The van der Waals surface area contributed by atoms with E-state index in [1.54, 1.807) is 7.11 Å². The third kappa shape index (κ3) is 2.83. The van der Waals surface area contributed by atoms with E-state index in [0.717, 1.165) is 22.8 Å². The van der Waals surface area contributed by atoms with Crippen molar-refractivity contribution >= 4 is 18.2 Å². The molecule has 5 heteroatoms. The summed E-state index contributed by atoms with van der Waals surface area (Å²) >= 11 is 0. The monoisotopic (exact) mass is 316 g/mol. The van der Waals surface area contributed by atoms with Gasteiger partial charge in [0.05, 0.1) is 24.9 Å². The Labute approximate surface area is 135 Å². The predicted molar refractivity (Wildman–Crippen MR) is 88.2 cm³/mol. The van der Waals surface area contributed by atoms with Crippen molar-refractivity contribution in [1.82, 2.24) is 9.55 Å². The average molecular weight is 317 g/mol. The molecule has 22 heavy (non-hydrogen) atoms. The molecule has 2 heterocycles. The molecule has 1 aromatic rings. The fourth-order valence-corrected chi connectivity index (χ4v) is 2.50. The molecule has 0 saturated heterocycles. The van der Waals surface area contributed by atoms with Gasteiger partial charge in [-0.3, -0.25) is 4.79 Å². The van der Waals surface area contributed by atoms with Crippen LogP contribution in [0, 0.1) is 6.92 Å². The second-order valence-electron chi connectivity index (χ2n) is 4.89. The molecule has 2 aliphatic heterocycles. The Morgan fingerprint density at radius 2 is 1.91 bits per heavy atom. The van der Waals surface area contributed by atoms with E-state index < -0.39 is 0 Å². The number of ether oxygens (including phenoxy) is 1. The van der Waals surface area contributed by atoms with Crippen molar-refractivity contribution in [3.8, 4) is 17.1 Å². The summed E-state index contributed by atoms with van der Waals surface area (Å²) in [5.74, 6) is 1.61. The summed E-state index contributed by atoms with van der Waals surface area (Å²) in [5.41, 5.74) is 2.47. The number of carbonyl (C=O) groups excluding carboxylic acids is 1. The minimum Gasteiger partial charge on any atom is -0.494 e. The number of carbonyl (C=O) groups is 1. The van der Waals surface area contributed by atoms with Crippen molar-refractivity contribution in [3.63, 3.8) is 0 Å². The van der Waals surface area contributed by atoms with Gasteiger partial charge in [-0.1, -0.05) is 30.3 Å². The van der Waals surface area contributed by atoms with E-state index in [4.69, 9.17) is 4.74 Å². The summed E-state index contributed by atoms with van der Waals surface area (Å²) in [6, 6.07) is 13.2. The number of rotatable bonds is 4. The van der Waals surface area contributed by atoms with Crippen LogP contribution in [-0.4, -0.2) is 22.4 Å². The Balaban J connectivity index is 0.00000176. The van der Waals surface area contributed by atoms with Gasteiger partial charge in [-0.15, -0.1) is 12.4 Å². The van der Waals surface area contributed by atoms with Crippen LogP contribution >= 0.6 is 12.4 Å². The topological polar surface area (TPSA) is 44.1 Å². The van der Waals surface area contributed by atoms with Crippen molar-refractivity contribution in [3.05, 3.63) is 59.9 Å². The highest BCUT2D eigenvalue weighted by Gasteiger charge is 2.19. The first kappa shape index (κ1) is 16.0. The first-order valence-corrected chi connectivity index (χ1v) is 6.78. The number of ketones is 1. The maximum atomic E-state index is 12.3. The molecule has 0 saturated carbocycles. The van der Waals surface area contributed by atoms with E-state index in [0.29, 0.717) is 5.56 Å². The maximum Gasteiger partial charge on any atom is 0.182 e. The average Bonchev–Trinajstić information content (AvgIpc) is 2.84. The van der Waals surface area contributed by atoms with Crippen molar-refractivity contribution in [2.45, 2.75) is 13.5 Å². The molecule has 3 rings (SSSR count). The van der Waals surface area contributed by atoms with Gasteiger partial charge in [0.1, 0.15) is 5.82 Å². The van der Waals surface area contributed by atoms with Crippen molar-refractivity contribution in [2.24, 2.45) is 0 Å². The molecule has 0 unspecified atom stereocenters. The lowest BCUT2D eigenvalue weighted by molar-refractivity contribution is 0.0972. The Hall–Kier alpha value is -2.33. The molecule has 114 valence electrons.